The second-order valence-electron chi connectivity index (χ2n) is 7.61. The van der Waals surface area contributed by atoms with Crippen molar-refractivity contribution in [1.82, 2.24) is 4.31 Å². The smallest absolute Gasteiger partial charge is 0.338 e. The van der Waals surface area contributed by atoms with Crippen molar-refractivity contribution in [2.75, 3.05) is 18.4 Å². The third-order valence-electron chi connectivity index (χ3n) is 5.20. The Morgan fingerprint density at radius 3 is 2.47 bits per heavy atom. The van der Waals surface area contributed by atoms with E-state index in [0.717, 1.165) is 31.4 Å². The first kappa shape index (κ1) is 24.2. The van der Waals surface area contributed by atoms with Gasteiger partial charge in [0.25, 0.3) is 5.91 Å². The highest BCUT2D eigenvalue weighted by Crippen LogP contribution is 2.25. The van der Waals surface area contributed by atoms with Gasteiger partial charge in [0.1, 0.15) is 5.82 Å². The Morgan fingerprint density at radius 2 is 1.81 bits per heavy atom. The Morgan fingerprint density at radius 1 is 1.12 bits per heavy atom. The van der Waals surface area contributed by atoms with E-state index in [4.69, 9.17) is 16.3 Å². The van der Waals surface area contributed by atoms with Crippen molar-refractivity contribution in [2.24, 2.45) is 0 Å². The van der Waals surface area contributed by atoms with E-state index in [1.54, 1.807) is 6.92 Å². The first-order valence-corrected chi connectivity index (χ1v) is 12.0. The number of benzene rings is 2. The van der Waals surface area contributed by atoms with Gasteiger partial charge in [0.05, 0.1) is 21.2 Å². The van der Waals surface area contributed by atoms with Gasteiger partial charge in [0.15, 0.2) is 6.10 Å². The van der Waals surface area contributed by atoms with Gasteiger partial charge in [-0.2, -0.15) is 4.31 Å². The summed E-state index contributed by atoms with van der Waals surface area (Å²) in [5.41, 5.74) is 0.709. The fourth-order valence-electron chi connectivity index (χ4n) is 3.36. The highest BCUT2D eigenvalue weighted by Gasteiger charge is 2.29. The van der Waals surface area contributed by atoms with Crippen LogP contribution in [0.15, 0.2) is 41.3 Å². The van der Waals surface area contributed by atoms with Gasteiger partial charge < -0.3 is 10.1 Å². The summed E-state index contributed by atoms with van der Waals surface area (Å²) in [5, 5.41) is 2.47. The molecule has 7 nitrogen and oxygen atoms in total. The maximum absolute atomic E-state index is 13.2. The highest BCUT2D eigenvalue weighted by molar-refractivity contribution is 7.89. The quantitative estimate of drug-likeness (QED) is 0.624. The predicted octanol–water partition coefficient (Wildman–Crippen LogP) is 4.15. The number of rotatable bonds is 6. The molecule has 1 unspecified atom stereocenters. The molecule has 172 valence electrons. The molecule has 32 heavy (non-hydrogen) atoms. The molecular weight excluding hydrogens is 459 g/mol. The fourth-order valence-corrected chi connectivity index (χ4v) is 5.34. The van der Waals surface area contributed by atoms with Crippen LogP contribution in [0.3, 0.4) is 0 Å². The van der Waals surface area contributed by atoms with Crippen LogP contribution < -0.4 is 5.32 Å². The maximum atomic E-state index is 13.2. The Hall–Kier alpha value is -2.49. The molecule has 0 saturated carbocycles. The van der Waals surface area contributed by atoms with Crippen LogP contribution in [0.2, 0.25) is 5.02 Å². The van der Waals surface area contributed by atoms with E-state index in [2.05, 4.69) is 5.32 Å². The van der Waals surface area contributed by atoms with E-state index >= 15 is 0 Å². The number of sulfonamides is 1. The molecule has 1 heterocycles. The van der Waals surface area contributed by atoms with Gasteiger partial charge in [-0.15, -0.1) is 0 Å². The molecule has 2 aromatic rings. The zero-order chi connectivity index (χ0) is 23.5. The van der Waals surface area contributed by atoms with Gasteiger partial charge in [0.2, 0.25) is 10.0 Å². The minimum absolute atomic E-state index is 0.00275. The summed E-state index contributed by atoms with van der Waals surface area (Å²) < 4.78 is 45.9. The van der Waals surface area contributed by atoms with Gasteiger partial charge in [-0.25, -0.2) is 17.6 Å². The average molecular weight is 483 g/mol. The molecule has 1 saturated heterocycles. The lowest BCUT2D eigenvalue weighted by Crippen LogP contribution is -2.36. The number of esters is 1. The van der Waals surface area contributed by atoms with Crippen molar-refractivity contribution in [3.8, 4) is 0 Å². The SMILES string of the molecule is Cc1ccc(C(=O)OC(C)C(=O)Nc2ccc(F)cc2Cl)cc1S(=O)(=O)N1CCCCC1. The van der Waals surface area contributed by atoms with Crippen LogP contribution >= 0.6 is 11.6 Å². The van der Waals surface area contributed by atoms with Crippen LogP contribution in [0.5, 0.6) is 0 Å². The predicted molar refractivity (Wildman–Crippen MR) is 119 cm³/mol. The lowest BCUT2D eigenvalue weighted by atomic mass is 10.1. The van der Waals surface area contributed by atoms with Crippen LogP contribution in [0, 0.1) is 12.7 Å². The van der Waals surface area contributed by atoms with Crippen LogP contribution in [0.25, 0.3) is 0 Å². The van der Waals surface area contributed by atoms with Crippen LogP contribution in [-0.2, 0) is 19.6 Å². The summed E-state index contributed by atoms with van der Waals surface area (Å²) in [5.74, 6) is -2.06. The first-order valence-electron chi connectivity index (χ1n) is 10.2. The number of ether oxygens (including phenoxy) is 1. The van der Waals surface area contributed by atoms with Crippen molar-refractivity contribution >= 4 is 39.2 Å². The normalized spacial score (nSPS) is 15.8. The monoisotopic (exact) mass is 482 g/mol. The van der Waals surface area contributed by atoms with E-state index in [0.29, 0.717) is 18.7 Å². The van der Waals surface area contributed by atoms with E-state index in [-0.39, 0.29) is 21.2 Å². The van der Waals surface area contributed by atoms with Crippen molar-refractivity contribution in [3.05, 3.63) is 58.4 Å². The number of carbonyl (C=O) groups excluding carboxylic acids is 2. The van der Waals surface area contributed by atoms with Gasteiger partial charge in [-0.05, 0) is 62.6 Å². The highest BCUT2D eigenvalue weighted by atomic mass is 35.5. The Bertz CT molecular complexity index is 1130. The van der Waals surface area contributed by atoms with Crippen molar-refractivity contribution in [1.29, 1.82) is 0 Å². The second-order valence-corrected chi connectivity index (χ2v) is 9.92. The van der Waals surface area contributed by atoms with Gasteiger partial charge in [0, 0.05) is 13.1 Å². The third-order valence-corrected chi connectivity index (χ3v) is 7.55. The zero-order valence-electron chi connectivity index (χ0n) is 17.7. The van der Waals surface area contributed by atoms with Gasteiger partial charge >= 0.3 is 5.97 Å². The summed E-state index contributed by atoms with van der Waals surface area (Å²) in [6.45, 7) is 3.91. The number of carbonyl (C=O) groups is 2. The molecule has 0 radical (unpaired) electrons. The number of anilines is 1. The largest absolute Gasteiger partial charge is 0.449 e. The molecule has 1 amide bonds. The van der Waals surface area contributed by atoms with Crippen molar-refractivity contribution in [3.63, 3.8) is 0 Å². The number of hydrogen-bond acceptors (Lipinski definition) is 5. The van der Waals surface area contributed by atoms with Gasteiger partial charge in [-0.3, -0.25) is 4.79 Å². The fraction of sp³-hybridized carbons (Fsp3) is 0.364. The number of halogens is 2. The Kier molecular flexibility index (Phi) is 7.53. The average Bonchev–Trinajstić information content (AvgIpc) is 2.76. The molecule has 0 spiro atoms. The van der Waals surface area contributed by atoms with Crippen molar-refractivity contribution in [2.45, 2.75) is 44.1 Å². The molecule has 2 aromatic carbocycles. The first-order chi connectivity index (χ1) is 15.1. The molecule has 1 atom stereocenters. The van der Waals surface area contributed by atoms with Crippen LogP contribution in [-0.4, -0.2) is 43.8 Å². The summed E-state index contributed by atoms with van der Waals surface area (Å²) in [6, 6.07) is 7.74. The standard InChI is InChI=1S/C22H24ClFN2O5S/c1-14-6-7-16(12-20(14)32(29,30)26-10-4-3-5-11-26)22(28)31-15(2)21(27)25-19-9-8-17(24)13-18(19)23/h6-9,12-13,15H,3-5,10-11H2,1-2H3,(H,25,27). The van der Waals surface area contributed by atoms with Crippen LogP contribution in [0.4, 0.5) is 10.1 Å². The molecule has 1 N–H and O–H groups in total. The van der Waals surface area contributed by atoms with E-state index in [9.17, 15) is 22.4 Å². The van der Waals surface area contributed by atoms with E-state index in [1.807, 2.05) is 0 Å². The molecule has 0 bridgehead atoms. The Labute approximate surface area is 191 Å². The van der Waals surface area contributed by atoms with E-state index < -0.39 is 33.8 Å². The molecule has 1 aliphatic rings. The number of amides is 1. The van der Waals surface area contributed by atoms with E-state index in [1.165, 1.54) is 35.5 Å². The topological polar surface area (TPSA) is 92.8 Å². The lowest BCUT2D eigenvalue weighted by molar-refractivity contribution is -0.123. The summed E-state index contributed by atoms with van der Waals surface area (Å²) in [6.07, 6.45) is 1.38. The molecule has 1 aliphatic heterocycles. The summed E-state index contributed by atoms with van der Waals surface area (Å²) in [4.78, 5) is 25.0. The maximum Gasteiger partial charge on any atom is 0.338 e. The van der Waals surface area contributed by atoms with Crippen molar-refractivity contribution < 1.29 is 27.1 Å². The molecule has 1 fully saturated rings. The molecular formula is C22H24ClFN2O5S. The van der Waals surface area contributed by atoms with Gasteiger partial charge in [-0.1, -0.05) is 24.1 Å². The molecule has 0 aliphatic carbocycles. The minimum Gasteiger partial charge on any atom is -0.449 e. The summed E-state index contributed by atoms with van der Waals surface area (Å²) in [7, 11) is -3.74. The third kappa shape index (κ3) is 5.46. The number of aryl methyl sites for hydroxylation is 1. The summed E-state index contributed by atoms with van der Waals surface area (Å²) >= 11 is 5.90. The number of nitrogens with one attached hydrogen (secondary N) is 1. The minimum atomic E-state index is -3.74. The van der Waals surface area contributed by atoms with Crippen LogP contribution in [0.1, 0.15) is 42.1 Å². The lowest BCUT2D eigenvalue weighted by Gasteiger charge is -2.26. The number of hydrogen-bond donors (Lipinski definition) is 1. The molecule has 3 rings (SSSR count). The second kappa shape index (κ2) is 9.97. The molecule has 10 heteroatoms. The molecule has 0 aromatic heterocycles. The zero-order valence-corrected chi connectivity index (χ0v) is 19.3. The Balaban J connectivity index is 1.73. The number of piperidine rings is 1. The number of nitrogens with zero attached hydrogens (tertiary/aromatic N) is 1.